The van der Waals surface area contributed by atoms with Crippen molar-refractivity contribution in [1.29, 1.82) is 0 Å². The topological polar surface area (TPSA) is 71.3 Å². The van der Waals surface area contributed by atoms with Crippen molar-refractivity contribution in [3.05, 3.63) is 65.6 Å². The number of pyridine rings is 1. The van der Waals surface area contributed by atoms with Crippen molar-refractivity contribution in [1.82, 2.24) is 25.2 Å². The van der Waals surface area contributed by atoms with Crippen molar-refractivity contribution in [3.8, 4) is 0 Å². The molecule has 1 aromatic carbocycles. The van der Waals surface area contributed by atoms with Crippen LogP contribution in [-0.4, -0.2) is 33.6 Å². The van der Waals surface area contributed by atoms with Gasteiger partial charge in [0.1, 0.15) is 0 Å². The molecule has 0 bridgehead atoms. The number of fused-ring (bicyclic) bond motifs is 1. The van der Waals surface area contributed by atoms with E-state index in [9.17, 15) is 4.79 Å². The van der Waals surface area contributed by atoms with Crippen molar-refractivity contribution in [2.24, 2.45) is 0 Å². The monoisotopic (exact) mass is 335 g/mol. The Morgan fingerprint density at radius 1 is 1.20 bits per heavy atom. The highest BCUT2D eigenvalue weighted by atomic mass is 16.1. The minimum atomic E-state index is -0.0963. The molecule has 0 saturated carbocycles. The maximum Gasteiger partial charge on any atom is 0.251 e. The zero-order valence-corrected chi connectivity index (χ0v) is 14.0. The Kier molecular flexibility index (Phi) is 4.43. The van der Waals surface area contributed by atoms with E-state index in [2.05, 4.69) is 33.0 Å². The van der Waals surface area contributed by atoms with Crippen LogP contribution in [0.4, 0.5) is 0 Å². The summed E-state index contributed by atoms with van der Waals surface area (Å²) in [7, 11) is 0. The molecule has 6 nitrogen and oxygen atoms in total. The third-order valence-electron chi connectivity index (χ3n) is 4.73. The van der Waals surface area contributed by atoms with Gasteiger partial charge in [-0.15, -0.1) is 10.2 Å². The predicted molar refractivity (Wildman–Crippen MR) is 95.4 cm³/mol. The molecule has 0 spiro atoms. The number of nitrogens with zero attached hydrogens (tertiary/aromatic N) is 3. The van der Waals surface area contributed by atoms with Crippen LogP contribution in [-0.2, 0) is 6.54 Å². The average molecular weight is 335 g/mol. The van der Waals surface area contributed by atoms with Crippen LogP contribution in [0, 0.1) is 0 Å². The van der Waals surface area contributed by atoms with Gasteiger partial charge in [0.2, 0.25) is 0 Å². The molecule has 1 fully saturated rings. The van der Waals surface area contributed by atoms with E-state index < -0.39 is 0 Å². The molecule has 2 aromatic heterocycles. The second-order valence-electron chi connectivity index (χ2n) is 6.39. The molecule has 128 valence electrons. The van der Waals surface area contributed by atoms with Crippen molar-refractivity contribution in [3.63, 3.8) is 0 Å². The Labute approximate surface area is 146 Å². The molecule has 0 aliphatic carbocycles. The van der Waals surface area contributed by atoms with Gasteiger partial charge in [0.05, 0.1) is 6.54 Å². The van der Waals surface area contributed by atoms with Crippen molar-refractivity contribution < 1.29 is 4.79 Å². The molecule has 1 aliphatic heterocycles. The minimum Gasteiger partial charge on any atom is -0.345 e. The van der Waals surface area contributed by atoms with Gasteiger partial charge in [-0.25, -0.2) is 0 Å². The Morgan fingerprint density at radius 2 is 2.08 bits per heavy atom. The van der Waals surface area contributed by atoms with E-state index in [0.717, 1.165) is 18.7 Å². The normalized spacial score (nSPS) is 17.5. The Morgan fingerprint density at radius 3 is 2.88 bits per heavy atom. The number of benzene rings is 1. The smallest absolute Gasteiger partial charge is 0.251 e. The van der Waals surface area contributed by atoms with Crippen molar-refractivity contribution >= 4 is 11.6 Å². The lowest BCUT2D eigenvalue weighted by molar-refractivity contribution is 0.0949. The van der Waals surface area contributed by atoms with Crippen LogP contribution in [0.25, 0.3) is 5.65 Å². The first-order valence-electron chi connectivity index (χ1n) is 8.69. The first kappa shape index (κ1) is 15.8. The summed E-state index contributed by atoms with van der Waals surface area (Å²) in [6.07, 6.45) is 4.31. The fraction of sp³-hybridized carbons (Fsp3) is 0.316. The van der Waals surface area contributed by atoms with E-state index in [0.29, 0.717) is 23.9 Å². The molecule has 3 aromatic rings. The molecule has 0 unspecified atom stereocenters. The van der Waals surface area contributed by atoms with Crippen molar-refractivity contribution in [2.75, 3.05) is 13.1 Å². The highest BCUT2D eigenvalue weighted by molar-refractivity contribution is 5.94. The first-order valence-corrected chi connectivity index (χ1v) is 8.69. The van der Waals surface area contributed by atoms with Gasteiger partial charge >= 0.3 is 0 Å². The SMILES string of the molecule is O=C(NCc1nnc2ccccn12)c1ccc([C@@H]2CCCNC2)cc1. The van der Waals surface area contributed by atoms with Crippen molar-refractivity contribution in [2.45, 2.75) is 25.3 Å². The van der Waals surface area contributed by atoms with Gasteiger partial charge in [0, 0.05) is 18.3 Å². The maximum absolute atomic E-state index is 12.4. The second-order valence-corrected chi connectivity index (χ2v) is 6.39. The first-order chi connectivity index (χ1) is 12.3. The van der Waals surface area contributed by atoms with E-state index in [1.165, 1.54) is 18.4 Å². The number of hydrogen-bond donors (Lipinski definition) is 2. The fourth-order valence-electron chi connectivity index (χ4n) is 3.32. The zero-order valence-electron chi connectivity index (χ0n) is 14.0. The lowest BCUT2D eigenvalue weighted by atomic mass is 9.91. The number of piperidine rings is 1. The van der Waals surface area contributed by atoms with E-state index >= 15 is 0 Å². The Balaban J connectivity index is 1.40. The largest absolute Gasteiger partial charge is 0.345 e. The molecule has 6 heteroatoms. The lowest BCUT2D eigenvalue weighted by Gasteiger charge is -2.23. The number of carbonyl (C=O) groups is 1. The molecule has 0 radical (unpaired) electrons. The van der Waals surface area contributed by atoms with Gasteiger partial charge in [-0.1, -0.05) is 18.2 Å². The number of nitrogens with one attached hydrogen (secondary N) is 2. The summed E-state index contributed by atoms with van der Waals surface area (Å²) >= 11 is 0. The molecule has 25 heavy (non-hydrogen) atoms. The number of amides is 1. The summed E-state index contributed by atoms with van der Waals surface area (Å²) in [5, 5.41) is 14.6. The van der Waals surface area contributed by atoms with Crippen LogP contribution >= 0.6 is 0 Å². The average Bonchev–Trinajstić information content (AvgIpc) is 3.10. The third-order valence-corrected chi connectivity index (χ3v) is 4.73. The van der Waals surface area contributed by atoms with Crippen LogP contribution in [0.15, 0.2) is 48.7 Å². The van der Waals surface area contributed by atoms with E-state index in [1.54, 1.807) is 0 Å². The van der Waals surface area contributed by atoms with E-state index in [4.69, 9.17) is 0 Å². The lowest BCUT2D eigenvalue weighted by Crippen LogP contribution is -2.28. The van der Waals surface area contributed by atoms with Gasteiger partial charge in [0.25, 0.3) is 5.91 Å². The second kappa shape index (κ2) is 7.03. The van der Waals surface area contributed by atoms with Crippen LogP contribution in [0.1, 0.15) is 40.5 Å². The molecular formula is C19H21N5O. The third kappa shape index (κ3) is 3.39. The van der Waals surface area contributed by atoms with E-state index in [1.807, 2.05) is 40.9 Å². The predicted octanol–water partition coefficient (Wildman–Crippen LogP) is 2.13. The summed E-state index contributed by atoms with van der Waals surface area (Å²) in [6, 6.07) is 13.7. The van der Waals surface area contributed by atoms with Gasteiger partial charge in [-0.2, -0.15) is 0 Å². The summed E-state index contributed by atoms with van der Waals surface area (Å²) in [5.41, 5.74) is 2.74. The zero-order chi connectivity index (χ0) is 17.1. The Hall–Kier alpha value is -2.73. The maximum atomic E-state index is 12.4. The van der Waals surface area contributed by atoms with Gasteiger partial charge in [-0.3, -0.25) is 9.20 Å². The molecule has 3 heterocycles. The van der Waals surface area contributed by atoms with Crippen LogP contribution < -0.4 is 10.6 Å². The van der Waals surface area contributed by atoms with Gasteiger partial charge < -0.3 is 10.6 Å². The molecular weight excluding hydrogens is 314 g/mol. The highest BCUT2D eigenvalue weighted by Crippen LogP contribution is 2.23. The summed E-state index contributed by atoms with van der Waals surface area (Å²) in [6.45, 7) is 2.47. The standard InChI is InChI=1S/C19H21N5O/c25-19(21-13-18-23-22-17-5-1-2-11-24(17)18)15-8-6-14(7-9-15)16-4-3-10-20-12-16/h1-2,5-9,11,16,20H,3-4,10,12-13H2,(H,21,25)/t16-/m1/s1. The highest BCUT2D eigenvalue weighted by Gasteiger charge is 2.15. The van der Waals surface area contributed by atoms with E-state index in [-0.39, 0.29) is 5.91 Å². The quantitative estimate of drug-likeness (QED) is 0.766. The molecule has 1 aliphatic rings. The van der Waals surface area contributed by atoms with Gasteiger partial charge in [0.15, 0.2) is 11.5 Å². The molecule has 1 atom stereocenters. The number of hydrogen-bond acceptors (Lipinski definition) is 4. The summed E-state index contributed by atoms with van der Waals surface area (Å²) < 4.78 is 1.87. The molecule has 2 N–H and O–H groups in total. The van der Waals surface area contributed by atoms with Crippen LogP contribution in [0.3, 0.4) is 0 Å². The number of rotatable bonds is 4. The Bertz CT molecular complexity index is 865. The van der Waals surface area contributed by atoms with Gasteiger partial charge in [-0.05, 0) is 55.1 Å². The van der Waals surface area contributed by atoms with Crippen LogP contribution in [0.5, 0.6) is 0 Å². The van der Waals surface area contributed by atoms with Crippen LogP contribution in [0.2, 0.25) is 0 Å². The minimum absolute atomic E-state index is 0.0963. The fourth-order valence-corrected chi connectivity index (χ4v) is 3.32. The molecule has 1 saturated heterocycles. The summed E-state index contributed by atoms with van der Waals surface area (Å²) in [5.74, 6) is 1.17. The summed E-state index contributed by atoms with van der Waals surface area (Å²) in [4.78, 5) is 12.4. The molecule has 4 rings (SSSR count). The number of aromatic nitrogens is 3. The number of carbonyl (C=O) groups excluding carboxylic acids is 1. The molecule has 1 amide bonds.